The van der Waals surface area contributed by atoms with E-state index in [0.29, 0.717) is 10.6 Å². The normalized spacial score (nSPS) is 10.3. The van der Waals surface area contributed by atoms with E-state index in [1.807, 2.05) is 49.4 Å². The van der Waals surface area contributed by atoms with Crippen LogP contribution >= 0.6 is 11.6 Å². The fourth-order valence-corrected chi connectivity index (χ4v) is 2.35. The van der Waals surface area contributed by atoms with Crippen molar-refractivity contribution in [3.8, 4) is 28.7 Å². The van der Waals surface area contributed by atoms with Crippen molar-refractivity contribution in [2.24, 2.45) is 0 Å². The van der Waals surface area contributed by atoms with Gasteiger partial charge in [0.15, 0.2) is 0 Å². The van der Waals surface area contributed by atoms with Crippen LogP contribution in [0.3, 0.4) is 0 Å². The Balaban J connectivity index is 2.05. The van der Waals surface area contributed by atoms with Gasteiger partial charge in [-0.3, -0.25) is 0 Å². The van der Waals surface area contributed by atoms with Crippen LogP contribution in [0.4, 0.5) is 0 Å². The van der Waals surface area contributed by atoms with Gasteiger partial charge in [0.05, 0.1) is 17.3 Å². The number of imidazole rings is 1. The van der Waals surface area contributed by atoms with E-state index < -0.39 is 0 Å². The number of hydrogen-bond donors (Lipinski definition) is 1. The molecule has 3 rings (SSSR count). The molecule has 0 aliphatic heterocycles. The highest BCUT2D eigenvalue weighted by atomic mass is 35.5. The highest BCUT2D eigenvalue weighted by Gasteiger charge is 2.10. The number of rotatable bonds is 2. The Morgan fingerprint density at radius 2 is 1.86 bits per heavy atom. The van der Waals surface area contributed by atoms with E-state index in [4.69, 9.17) is 16.9 Å². The monoisotopic (exact) mass is 293 g/mol. The fraction of sp³-hybridized carbons (Fsp3) is 0.0588. The zero-order valence-electron chi connectivity index (χ0n) is 11.4. The molecule has 1 heterocycles. The van der Waals surface area contributed by atoms with Crippen molar-refractivity contribution in [3.05, 3.63) is 64.8 Å². The fourth-order valence-electron chi connectivity index (χ4n) is 2.22. The van der Waals surface area contributed by atoms with Crippen molar-refractivity contribution in [2.75, 3.05) is 0 Å². The molecule has 0 fully saturated rings. The molecule has 2 aromatic carbocycles. The van der Waals surface area contributed by atoms with Crippen molar-refractivity contribution in [1.82, 2.24) is 9.97 Å². The summed E-state index contributed by atoms with van der Waals surface area (Å²) in [7, 11) is 0. The molecule has 0 saturated carbocycles. The number of H-pyrrole nitrogens is 1. The molecule has 4 heteroatoms. The van der Waals surface area contributed by atoms with Gasteiger partial charge in [-0.2, -0.15) is 5.26 Å². The number of aromatic nitrogens is 2. The second kappa shape index (κ2) is 5.43. The van der Waals surface area contributed by atoms with Gasteiger partial charge in [-0.1, -0.05) is 35.9 Å². The maximum Gasteiger partial charge on any atom is 0.138 e. The van der Waals surface area contributed by atoms with Crippen LogP contribution < -0.4 is 0 Å². The molecule has 102 valence electrons. The average molecular weight is 294 g/mol. The molecule has 1 N–H and O–H groups in total. The first-order valence-corrected chi connectivity index (χ1v) is 6.88. The quantitative estimate of drug-likeness (QED) is 0.752. The lowest BCUT2D eigenvalue weighted by Gasteiger charge is -1.98. The van der Waals surface area contributed by atoms with Crippen molar-refractivity contribution in [2.45, 2.75) is 6.92 Å². The highest BCUT2D eigenvalue weighted by molar-refractivity contribution is 6.30. The summed E-state index contributed by atoms with van der Waals surface area (Å²) in [5, 5.41) is 9.68. The minimum absolute atomic E-state index is 0.620. The standard InChI is InChI=1S/C17H12ClN3/c1-11-16(13-5-7-15(18)8-6-13)21-17(20-11)14-4-2-3-12(9-14)10-19/h2-9H,1H3,(H,20,21). The largest absolute Gasteiger partial charge is 0.342 e. The number of aromatic amines is 1. The van der Waals surface area contributed by atoms with Crippen LogP contribution in [0.25, 0.3) is 22.6 Å². The molecular formula is C17H12ClN3. The number of hydrogen-bond acceptors (Lipinski definition) is 2. The van der Waals surface area contributed by atoms with Gasteiger partial charge in [0.2, 0.25) is 0 Å². The minimum atomic E-state index is 0.620. The summed E-state index contributed by atoms with van der Waals surface area (Å²) in [5.41, 5.74) is 4.40. The zero-order valence-corrected chi connectivity index (χ0v) is 12.1. The Kier molecular flexibility index (Phi) is 3.47. The molecule has 1 aromatic heterocycles. The first kappa shape index (κ1) is 13.4. The number of nitrogens with zero attached hydrogens (tertiary/aromatic N) is 2. The smallest absolute Gasteiger partial charge is 0.138 e. The van der Waals surface area contributed by atoms with Crippen molar-refractivity contribution < 1.29 is 0 Å². The van der Waals surface area contributed by atoms with Gasteiger partial charge in [0.25, 0.3) is 0 Å². The van der Waals surface area contributed by atoms with Crippen molar-refractivity contribution in [1.29, 1.82) is 5.26 Å². The molecule has 0 radical (unpaired) electrons. The van der Waals surface area contributed by atoms with Crippen molar-refractivity contribution in [3.63, 3.8) is 0 Å². The maximum atomic E-state index is 8.98. The lowest BCUT2D eigenvalue weighted by molar-refractivity contribution is 1.25. The molecule has 0 unspecified atom stereocenters. The van der Waals surface area contributed by atoms with Gasteiger partial charge in [0, 0.05) is 21.8 Å². The summed E-state index contributed by atoms with van der Waals surface area (Å²) in [4.78, 5) is 7.92. The third-order valence-electron chi connectivity index (χ3n) is 3.27. The summed E-state index contributed by atoms with van der Waals surface area (Å²) in [6.07, 6.45) is 0. The lowest BCUT2D eigenvalue weighted by Crippen LogP contribution is -1.82. The topological polar surface area (TPSA) is 52.5 Å². The first-order chi connectivity index (χ1) is 10.2. The second-order valence-corrected chi connectivity index (χ2v) is 5.19. The van der Waals surface area contributed by atoms with Crippen LogP contribution in [-0.2, 0) is 0 Å². The van der Waals surface area contributed by atoms with E-state index in [1.165, 1.54) is 0 Å². The lowest BCUT2D eigenvalue weighted by atomic mass is 10.1. The molecule has 0 aliphatic carbocycles. The number of benzene rings is 2. The van der Waals surface area contributed by atoms with Crippen LogP contribution in [0.2, 0.25) is 5.02 Å². The Morgan fingerprint density at radius 1 is 1.10 bits per heavy atom. The average Bonchev–Trinajstić information content (AvgIpc) is 2.90. The Hall–Kier alpha value is -2.57. The van der Waals surface area contributed by atoms with E-state index in [-0.39, 0.29) is 0 Å². The number of nitrogens with one attached hydrogen (secondary N) is 1. The molecular weight excluding hydrogens is 282 g/mol. The minimum Gasteiger partial charge on any atom is -0.342 e. The predicted molar refractivity (Wildman–Crippen MR) is 83.9 cm³/mol. The van der Waals surface area contributed by atoms with Crippen molar-refractivity contribution >= 4 is 11.6 Å². The number of aryl methyl sites for hydroxylation is 1. The van der Waals surface area contributed by atoms with E-state index in [1.54, 1.807) is 6.07 Å². The SMILES string of the molecule is Cc1[nH]c(-c2cccc(C#N)c2)nc1-c1ccc(Cl)cc1. The predicted octanol–water partition coefficient (Wildman–Crippen LogP) is 4.58. The molecule has 21 heavy (non-hydrogen) atoms. The van der Waals surface area contributed by atoms with Gasteiger partial charge in [-0.05, 0) is 31.2 Å². The summed E-state index contributed by atoms with van der Waals surface area (Å²) in [6.45, 7) is 1.98. The van der Waals surface area contributed by atoms with Crippen LogP contribution in [-0.4, -0.2) is 9.97 Å². The molecule has 0 bridgehead atoms. The first-order valence-electron chi connectivity index (χ1n) is 6.50. The van der Waals surface area contributed by atoms with E-state index in [2.05, 4.69) is 16.0 Å². The summed E-state index contributed by atoms with van der Waals surface area (Å²) >= 11 is 5.91. The Labute approximate surface area is 127 Å². The van der Waals surface area contributed by atoms with Crippen LogP contribution in [0, 0.1) is 18.3 Å². The zero-order chi connectivity index (χ0) is 14.8. The van der Waals surface area contributed by atoms with E-state index in [0.717, 1.165) is 28.3 Å². The Morgan fingerprint density at radius 3 is 2.57 bits per heavy atom. The Bertz CT molecular complexity index is 826. The summed E-state index contributed by atoms with van der Waals surface area (Å²) < 4.78 is 0. The molecule has 0 saturated heterocycles. The summed E-state index contributed by atoms with van der Waals surface area (Å²) in [6, 6.07) is 17.1. The van der Waals surface area contributed by atoms with Gasteiger partial charge < -0.3 is 4.98 Å². The molecule has 0 spiro atoms. The number of halogens is 1. The molecule has 0 amide bonds. The molecule has 0 atom stereocenters. The third-order valence-corrected chi connectivity index (χ3v) is 3.52. The third kappa shape index (κ3) is 2.67. The van der Waals surface area contributed by atoms with Gasteiger partial charge in [-0.15, -0.1) is 0 Å². The van der Waals surface area contributed by atoms with Gasteiger partial charge >= 0.3 is 0 Å². The highest BCUT2D eigenvalue weighted by Crippen LogP contribution is 2.26. The van der Waals surface area contributed by atoms with Crippen LogP contribution in [0.15, 0.2) is 48.5 Å². The molecule has 0 aliphatic rings. The molecule has 3 nitrogen and oxygen atoms in total. The van der Waals surface area contributed by atoms with Gasteiger partial charge in [-0.25, -0.2) is 4.98 Å². The van der Waals surface area contributed by atoms with Gasteiger partial charge in [0.1, 0.15) is 5.82 Å². The van der Waals surface area contributed by atoms with E-state index in [9.17, 15) is 0 Å². The second-order valence-electron chi connectivity index (χ2n) is 4.76. The van der Waals surface area contributed by atoms with Crippen LogP contribution in [0.5, 0.6) is 0 Å². The van der Waals surface area contributed by atoms with E-state index >= 15 is 0 Å². The maximum absolute atomic E-state index is 8.98. The molecule has 3 aromatic rings. The van der Waals surface area contributed by atoms with Crippen LogP contribution in [0.1, 0.15) is 11.3 Å². The summed E-state index contributed by atoms with van der Waals surface area (Å²) in [5.74, 6) is 0.759. The number of nitriles is 1.